The largest absolute Gasteiger partial charge is 0.458 e. The molecule has 172 valence electrons. The fourth-order valence-corrected chi connectivity index (χ4v) is 2.01. The third-order valence-corrected chi connectivity index (χ3v) is 3.40. The number of rotatable bonds is 15. The first-order valence-corrected chi connectivity index (χ1v) is 8.73. The Morgan fingerprint density at radius 1 is 0.594 bits per heavy atom. The van der Waals surface area contributed by atoms with Gasteiger partial charge in [0.2, 0.25) is 0 Å². The standard InChI is InChI=1S/C21H22O11/c1-6-15(23)28-12-14(30-17(25)8-3)21(32-19(27)10-5)20(31-18(26)9-4)13(11-22)29-16(24)7-2/h6-11,13-14,20-21H,1-5,12H2/t13-,14+,20+,21+/m0/s1. The van der Waals surface area contributed by atoms with Gasteiger partial charge in [-0.3, -0.25) is 4.79 Å². The maximum absolute atomic E-state index is 11.9. The van der Waals surface area contributed by atoms with Crippen LogP contribution >= 0.6 is 0 Å². The van der Waals surface area contributed by atoms with Crippen LogP contribution in [0.5, 0.6) is 0 Å². The highest BCUT2D eigenvalue weighted by Crippen LogP contribution is 2.20. The van der Waals surface area contributed by atoms with E-state index in [-0.39, 0.29) is 6.29 Å². The van der Waals surface area contributed by atoms with Crippen molar-refractivity contribution in [3.8, 4) is 0 Å². The molecular weight excluding hydrogens is 428 g/mol. The van der Waals surface area contributed by atoms with Crippen LogP contribution in [0, 0.1) is 0 Å². The Kier molecular flexibility index (Phi) is 12.7. The molecule has 0 rings (SSSR count). The van der Waals surface area contributed by atoms with Crippen molar-refractivity contribution in [2.45, 2.75) is 24.4 Å². The van der Waals surface area contributed by atoms with Gasteiger partial charge >= 0.3 is 29.8 Å². The highest BCUT2D eigenvalue weighted by Gasteiger charge is 2.44. The summed E-state index contributed by atoms with van der Waals surface area (Å²) in [5, 5.41) is 0. The summed E-state index contributed by atoms with van der Waals surface area (Å²) < 4.78 is 24.9. The lowest BCUT2D eigenvalue weighted by Crippen LogP contribution is -2.53. The van der Waals surface area contributed by atoms with E-state index < -0.39 is 60.9 Å². The van der Waals surface area contributed by atoms with Crippen LogP contribution in [0.2, 0.25) is 0 Å². The van der Waals surface area contributed by atoms with Crippen molar-refractivity contribution < 1.29 is 52.5 Å². The Morgan fingerprint density at radius 3 is 1.44 bits per heavy atom. The van der Waals surface area contributed by atoms with Crippen LogP contribution < -0.4 is 0 Å². The van der Waals surface area contributed by atoms with Crippen LogP contribution in [0.15, 0.2) is 63.3 Å². The highest BCUT2D eigenvalue weighted by molar-refractivity contribution is 5.85. The summed E-state index contributed by atoms with van der Waals surface area (Å²) in [6.45, 7) is 15.3. The van der Waals surface area contributed by atoms with Gasteiger partial charge < -0.3 is 23.7 Å². The fourth-order valence-electron chi connectivity index (χ4n) is 2.01. The van der Waals surface area contributed by atoms with Crippen LogP contribution in [0.3, 0.4) is 0 Å². The first kappa shape index (κ1) is 27.7. The first-order chi connectivity index (χ1) is 15.2. The summed E-state index contributed by atoms with van der Waals surface area (Å²) in [6, 6.07) is 0. The van der Waals surface area contributed by atoms with Crippen molar-refractivity contribution >= 4 is 36.1 Å². The molecule has 0 aliphatic heterocycles. The van der Waals surface area contributed by atoms with Crippen LogP contribution in [-0.4, -0.2) is 67.2 Å². The summed E-state index contributed by atoms with van der Waals surface area (Å²) in [4.78, 5) is 70.3. The molecule has 0 N–H and O–H groups in total. The van der Waals surface area contributed by atoms with E-state index in [9.17, 15) is 28.8 Å². The quantitative estimate of drug-likeness (QED) is 0.147. The zero-order chi connectivity index (χ0) is 24.7. The number of carbonyl (C=O) groups is 6. The molecule has 0 aliphatic rings. The van der Waals surface area contributed by atoms with Gasteiger partial charge in [0.15, 0.2) is 30.7 Å². The molecule has 0 heterocycles. The van der Waals surface area contributed by atoms with Crippen molar-refractivity contribution in [3.05, 3.63) is 63.3 Å². The molecule has 0 spiro atoms. The summed E-state index contributed by atoms with van der Waals surface area (Å²) in [5.41, 5.74) is 0. The number of hydrogen-bond acceptors (Lipinski definition) is 11. The second-order valence-corrected chi connectivity index (χ2v) is 5.47. The van der Waals surface area contributed by atoms with E-state index in [0.717, 1.165) is 12.2 Å². The predicted molar refractivity (Wildman–Crippen MR) is 108 cm³/mol. The van der Waals surface area contributed by atoms with Gasteiger partial charge in [0.05, 0.1) is 0 Å². The smallest absolute Gasteiger partial charge is 0.330 e. The molecule has 11 heteroatoms. The van der Waals surface area contributed by atoms with E-state index >= 15 is 0 Å². The molecule has 0 aromatic rings. The molecule has 0 saturated heterocycles. The van der Waals surface area contributed by atoms with Gasteiger partial charge in [-0.1, -0.05) is 32.9 Å². The number of carbonyl (C=O) groups excluding carboxylic acids is 6. The molecule has 0 aliphatic carbocycles. The van der Waals surface area contributed by atoms with Crippen molar-refractivity contribution in [1.29, 1.82) is 0 Å². The van der Waals surface area contributed by atoms with Gasteiger partial charge in [-0.05, 0) is 0 Å². The maximum Gasteiger partial charge on any atom is 0.330 e. The molecule has 0 fully saturated rings. The van der Waals surface area contributed by atoms with Crippen LogP contribution in [0.25, 0.3) is 0 Å². The monoisotopic (exact) mass is 450 g/mol. The van der Waals surface area contributed by atoms with E-state index in [2.05, 4.69) is 32.9 Å². The predicted octanol–water partition coefficient (Wildman–Crippen LogP) is 0.306. The van der Waals surface area contributed by atoms with Crippen LogP contribution in [0.1, 0.15) is 0 Å². The molecule has 32 heavy (non-hydrogen) atoms. The Balaban J connectivity index is 6.46. The maximum atomic E-state index is 11.9. The fraction of sp³-hybridized carbons (Fsp3) is 0.238. The van der Waals surface area contributed by atoms with Crippen molar-refractivity contribution in [2.24, 2.45) is 0 Å². The Labute approximate surface area is 183 Å². The third kappa shape index (κ3) is 9.48. The number of hydrogen-bond donors (Lipinski definition) is 0. The molecule has 11 nitrogen and oxygen atoms in total. The molecular formula is C21H22O11. The minimum absolute atomic E-state index is 0.0688. The summed E-state index contributed by atoms with van der Waals surface area (Å²) in [6.07, 6.45) is -3.50. The van der Waals surface area contributed by atoms with Gasteiger partial charge in [0, 0.05) is 30.4 Å². The molecule has 0 aromatic carbocycles. The summed E-state index contributed by atoms with van der Waals surface area (Å²) >= 11 is 0. The Bertz CT molecular complexity index is 796. The van der Waals surface area contributed by atoms with Crippen molar-refractivity contribution in [1.82, 2.24) is 0 Å². The van der Waals surface area contributed by atoms with Gasteiger partial charge in [0.25, 0.3) is 0 Å². The van der Waals surface area contributed by atoms with E-state index in [1.807, 2.05) is 0 Å². The van der Waals surface area contributed by atoms with Crippen molar-refractivity contribution in [3.63, 3.8) is 0 Å². The SMILES string of the molecule is C=CC(=O)OC[C@@H](OC(=O)C=C)[C@@H](OC(=O)C=C)[C@H](OC(=O)C=C)[C@H](C=O)OC(=O)C=C. The van der Waals surface area contributed by atoms with E-state index in [0.29, 0.717) is 18.2 Å². The number of esters is 5. The van der Waals surface area contributed by atoms with Crippen molar-refractivity contribution in [2.75, 3.05) is 6.61 Å². The number of aldehydes is 1. The normalized spacial score (nSPS) is 13.4. The van der Waals surface area contributed by atoms with E-state index in [1.54, 1.807) is 0 Å². The second kappa shape index (κ2) is 14.7. The van der Waals surface area contributed by atoms with E-state index in [1.165, 1.54) is 0 Å². The average molecular weight is 450 g/mol. The third-order valence-electron chi connectivity index (χ3n) is 3.40. The Hall–Kier alpha value is -4.28. The number of ether oxygens (including phenoxy) is 5. The molecule has 0 unspecified atom stereocenters. The zero-order valence-corrected chi connectivity index (χ0v) is 17.0. The Morgan fingerprint density at radius 2 is 1.00 bits per heavy atom. The first-order valence-electron chi connectivity index (χ1n) is 8.73. The van der Waals surface area contributed by atoms with Gasteiger partial charge in [0.1, 0.15) is 6.61 Å². The second-order valence-electron chi connectivity index (χ2n) is 5.47. The van der Waals surface area contributed by atoms with E-state index in [4.69, 9.17) is 23.7 Å². The van der Waals surface area contributed by atoms with Gasteiger partial charge in [-0.2, -0.15) is 0 Å². The average Bonchev–Trinajstić information content (AvgIpc) is 2.81. The topological polar surface area (TPSA) is 149 Å². The minimum Gasteiger partial charge on any atom is -0.458 e. The lowest BCUT2D eigenvalue weighted by Gasteiger charge is -2.33. The lowest BCUT2D eigenvalue weighted by molar-refractivity contribution is -0.197. The minimum atomic E-state index is -1.88. The van der Waals surface area contributed by atoms with Gasteiger partial charge in [-0.25, -0.2) is 24.0 Å². The molecule has 0 bridgehead atoms. The lowest BCUT2D eigenvalue weighted by atomic mass is 10.0. The molecule has 0 saturated carbocycles. The molecule has 0 amide bonds. The molecule has 4 atom stereocenters. The molecule has 0 radical (unpaired) electrons. The van der Waals surface area contributed by atoms with Crippen LogP contribution in [0.4, 0.5) is 0 Å². The summed E-state index contributed by atoms with van der Waals surface area (Å²) in [5.74, 6) is -5.31. The molecule has 0 aromatic heterocycles. The zero-order valence-electron chi connectivity index (χ0n) is 17.0. The van der Waals surface area contributed by atoms with Gasteiger partial charge in [-0.15, -0.1) is 0 Å². The highest BCUT2D eigenvalue weighted by atomic mass is 16.6. The van der Waals surface area contributed by atoms with Crippen LogP contribution in [-0.2, 0) is 52.5 Å². The summed E-state index contributed by atoms with van der Waals surface area (Å²) in [7, 11) is 0.